The Morgan fingerprint density at radius 3 is 2.32 bits per heavy atom. The number of Topliss-reactive ketones (excluding diaryl/α,β-unsaturated/α-hetero) is 1. The summed E-state index contributed by atoms with van der Waals surface area (Å²) >= 11 is 5.91. The van der Waals surface area contributed by atoms with Crippen molar-refractivity contribution in [2.75, 3.05) is 20.8 Å². The van der Waals surface area contributed by atoms with Crippen LogP contribution in [0.1, 0.15) is 23.6 Å². The summed E-state index contributed by atoms with van der Waals surface area (Å²) in [5.74, 6) is -2.58. The van der Waals surface area contributed by atoms with Crippen LogP contribution in [0.2, 0.25) is 5.02 Å². The molecule has 1 atom stereocenters. The number of hydrogen-bond donors (Lipinski definition) is 2. The number of methoxy groups -OCH3 is 2. The summed E-state index contributed by atoms with van der Waals surface area (Å²) < 4.78 is 10.7. The van der Waals surface area contributed by atoms with Crippen LogP contribution in [0.5, 0.6) is 11.5 Å². The van der Waals surface area contributed by atoms with Gasteiger partial charge in [0.2, 0.25) is 0 Å². The molecule has 2 aromatic rings. The Balaban J connectivity index is 2.24. The molecule has 3 rings (SSSR count). The zero-order valence-electron chi connectivity index (χ0n) is 16.8. The van der Waals surface area contributed by atoms with Crippen molar-refractivity contribution < 1.29 is 34.1 Å². The Labute approximate surface area is 183 Å². The van der Waals surface area contributed by atoms with Crippen LogP contribution in [-0.4, -0.2) is 53.5 Å². The molecule has 0 aromatic heterocycles. The topological polar surface area (TPSA) is 113 Å². The highest BCUT2D eigenvalue weighted by molar-refractivity contribution is 6.46. The molecule has 162 valence electrons. The summed E-state index contributed by atoms with van der Waals surface area (Å²) in [6, 6.07) is 9.87. The molecule has 0 radical (unpaired) electrons. The average molecular weight is 446 g/mol. The number of ketones is 1. The van der Waals surface area contributed by atoms with Crippen molar-refractivity contribution in [2.24, 2.45) is 0 Å². The zero-order chi connectivity index (χ0) is 22.7. The van der Waals surface area contributed by atoms with Crippen molar-refractivity contribution in [1.82, 2.24) is 4.90 Å². The molecule has 1 aliphatic rings. The SMILES string of the molecule is COc1ccc(OC)c([C@@H]2/C(=C(\O)c3ccc(Cl)cc3)C(=O)C(=O)N2CCC(=O)O)c1. The van der Waals surface area contributed by atoms with Crippen LogP contribution < -0.4 is 9.47 Å². The smallest absolute Gasteiger partial charge is 0.305 e. The van der Waals surface area contributed by atoms with Gasteiger partial charge in [0.1, 0.15) is 17.3 Å². The van der Waals surface area contributed by atoms with E-state index in [1.54, 1.807) is 18.2 Å². The van der Waals surface area contributed by atoms with Crippen LogP contribution in [0, 0.1) is 0 Å². The number of rotatable bonds is 7. The van der Waals surface area contributed by atoms with E-state index in [2.05, 4.69) is 0 Å². The molecule has 31 heavy (non-hydrogen) atoms. The number of carboxylic acids is 1. The van der Waals surface area contributed by atoms with Crippen molar-refractivity contribution >= 4 is 35.0 Å². The average Bonchev–Trinajstić information content (AvgIpc) is 3.01. The molecule has 2 aromatic carbocycles. The molecule has 1 saturated heterocycles. The largest absolute Gasteiger partial charge is 0.507 e. The molecular weight excluding hydrogens is 426 g/mol. The number of likely N-dealkylation sites (tertiary alicyclic amines) is 1. The highest BCUT2D eigenvalue weighted by Gasteiger charge is 2.47. The highest BCUT2D eigenvalue weighted by Crippen LogP contribution is 2.43. The van der Waals surface area contributed by atoms with Gasteiger partial charge in [-0.1, -0.05) is 11.6 Å². The van der Waals surface area contributed by atoms with Crippen molar-refractivity contribution in [3.05, 3.63) is 64.2 Å². The molecular formula is C22H20ClNO7. The van der Waals surface area contributed by atoms with Gasteiger partial charge in [0.15, 0.2) is 0 Å². The minimum atomic E-state index is -1.13. The standard InChI is InChI=1S/C22H20ClNO7/c1-30-14-7-8-16(31-2)15(11-14)19-18(20(27)12-3-5-13(23)6-4-12)21(28)22(29)24(19)10-9-17(25)26/h3-8,11,19,27H,9-10H2,1-2H3,(H,25,26)/b20-18+/t19-/m1/s1. The van der Waals surface area contributed by atoms with E-state index in [1.807, 2.05) is 0 Å². The van der Waals surface area contributed by atoms with Crippen LogP contribution in [0.15, 0.2) is 48.0 Å². The quantitative estimate of drug-likeness (QED) is 0.382. The van der Waals surface area contributed by atoms with Gasteiger partial charge in [-0.3, -0.25) is 14.4 Å². The first-order valence-electron chi connectivity index (χ1n) is 9.26. The fourth-order valence-corrected chi connectivity index (χ4v) is 3.59. The number of nitrogens with zero attached hydrogens (tertiary/aromatic N) is 1. The predicted molar refractivity (Wildman–Crippen MR) is 112 cm³/mol. The molecule has 0 unspecified atom stereocenters. The number of hydrogen-bond acceptors (Lipinski definition) is 6. The van der Waals surface area contributed by atoms with Gasteiger partial charge < -0.3 is 24.6 Å². The molecule has 8 nitrogen and oxygen atoms in total. The van der Waals surface area contributed by atoms with E-state index in [0.717, 1.165) is 4.90 Å². The number of halogens is 1. The Bertz CT molecular complexity index is 1060. The molecule has 2 N–H and O–H groups in total. The molecule has 0 bridgehead atoms. The van der Waals surface area contributed by atoms with Crippen LogP contribution in [0.25, 0.3) is 5.76 Å². The number of aliphatic carboxylic acids is 1. The van der Waals surface area contributed by atoms with Crippen LogP contribution in [0.3, 0.4) is 0 Å². The van der Waals surface area contributed by atoms with Crippen LogP contribution in [0.4, 0.5) is 0 Å². The Kier molecular flexibility index (Phi) is 6.50. The van der Waals surface area contributed by atoms with Crippen molar-refractivity contribution in [2.45, 2.75) is 12.5 Å². The zero-order valence-corrected chi connectivity index (χ0v) is 17.5. The molecule has 1 fully saturated rings. The van der Waals surface area contributed by atoms with Crippen molar-refractivity contribution in [1.29, 1.82) is 0 Å². The first-order chi connectivity index (χ1) is 14.8. The number of carboxylic acid groups (broad SMARTS) is 1. The molecule has 9 heteroatoms. The first-order valence-corrected chi connectivity index (χ1v) is 9.64. The summed E-state index contributed by atoms with van der Waals surface area (Å²) in [7, 11) is 2.88. The number of aliphatic hydroxyl groups is 1. The van der Waals surface area contributed by atoms with Gasteiger partial charge in [0, 0.05) is 22.7 Å². The van der Waals surface area contributed by atoms with E-state index >= 15 is 0 Å². The van der Waals surface area contributed by atoms with Gasteiger partial charge in [0.25, 0.3) is 11.7 Å². The van der Waals surface area contributed by atoms with E-state index in [0.29, 0.717) is 22.1 Å². The van der Waals surface area contributed by atoms with Gasteiger partial charge in [-0.15, -0.1) is 0 Å². The molecule has 0 spiro atoms. The lowest BCUT2D eigenvalue weighted by Crippen LogP contribution is -2.32. The van der Waals surface area contributed by atoms with Gasteiger partial charge in [-0.2, -0.15) is 0 Å². The van der Waals surface area contributed by atoms with Gasteiger partial charge in [-0.25, -0.2) is 0 Å². The highest BCUT2D eigenvalue weighted by atomic mass is 35.5. The third kappa shape index (κ3) is 4.34. The summed E-state index contributed by atoms with van der Waals surface area (Å²) in [4.78, 5) is 38.0. The van der Waals surface area contributed by atoms with Gasteiger partial charge >= 0.3 is 5.97 Å². The lowest BCUT2D eigenvalue weighted by Gasteiger charge is -2.26. The van der Waals surface area contributed by atoms with E-state index < -0.39 is 29.5 Å². The van der Waals surface area contributed by atoms with E-state index in [-0.39, 0.29) is 24.1 Å². The van der Waals surface area contributed by atoms with E-state index in [9.17, 15) is 19.5 Å². The van der Waals surface area contributed by atoms with Crippen molar-refractivity contribution in [3.8, 4) is 11.5 Å². The molecule has 1 amide bonds. The Hall–Kier alpha value is -3.52. The lowest BCUT2D eigenvalue weighted by atomic mass is 9.94. The second-order valence-electron chi connectivity index (χ2n) is 6.75. The predicted octanol–water partition coefficient (Wildman–Crippen LogP) is 3.25. The number of ether oxygens (including phenoxy) is 2. The summed E-state index contributed by atoms with van der Waals surface area (Å²) in [6.45, 7) is -0.234. The van der Waals surface area contributed by atoms with Crippen LogP contribution >= 0.6 is 11.6 Å². The van der Waals surface area contributed by atoms with E-state index in [4.69, 9.17) is 26.2 Å². The molecule has 1 aliphatic heterocycles. The number of aliphatic hydroxyl groups excluding tert-OH is 1. The number of carbonyl (C=O) groups excluding carboxylic acids is 2. The second kappa shape index (κ2) is 9.09. The minimum absolute atomic E-state index is 0.177. The maximum atomic E-state index is 12.9. The third-order valence-electron chi connectivity index (χ3n) is 4.96. The Morgan fingerprint density at radius 1 is 1.06 bits per heavy atom. The van der Waals surface area contributed by atoms with Crippen molar-refractivity contribution in [3.63, 3.8) is 0 Å². The number of benzene rings is 2. The second-order valence-corrected chi connectivity index (χ2v) is 7.19. The maximum Gasteiger partial charge on any atom is 0.305 e. The van der Waals surface area contributed by atoms with E-state index in [1.165, 1.54) is 38.5 Å². The summed E-state index contributed by atoms with van der Waals surface area (Å²) in [5.41, 5.74) is 0.485. The third-order valence-corrected chi connectivity index (χ3v) is 5.21. The molecule has 0 aliphatic carbocycles. The summed E-state index contributed by atoms with van der Waals surface area (Å²) in [6.07, 6.45) is -0.378. The fraction of sp³-hybridized carbons (Fsp3) is 0.227. The monoisotopic (exact) mass is 445 g/mol. The maximum absolute atomic E-state index is 12.9. The number of amides is 1. The minimum Gasteiger partial charge on any atom is -0.507 e. The molecule has 1 heterocycles. The fourth-order valence-electron chi connectivity index (χ4n) is 3.47. The normalized spacial score (nSPS) is 17.6. The summed E-state index contributed by atoms with van der Waals surface area (Å²) in [5, 5.41) is 20.5. The number of carbonyl (C=O) groups is 3. The lowest BCUT2D eigenvalue weighted by molar-refractivity contribution is -0.142. The van der Waals surface area contributed by atoms with Gasteiger partial charge in [0.05, 0.1) is 32.3 Å². The first kappa shape index (κ1) is 22.2. The Morgan fingerprint density at radius 2 is 1.74 bits per heavy atom. The van der Waals surface area contributed by atoms with Crippen LogP contribution in [-0.2, 0) is 14.4 Å². The molecule has 0 saturated carbocycles. The van der Waals surface area contributed by atoms with Gasteiger partial charge in [-0.05, 0) is 42.5 Å².